The number of aliphatic hydroxyl groups excluding tert-OH is 1. The second kappa shape index (κ2) is 26.5. The molecule has 0 unspecified atom stereocenters. The molecule has 0 aliphatic heterocycles. The van der Waals surface area contributed by atoms with Gasteiger partial charge in [-0.25, -0.2) is 0 Å². The third kappa shape index (κ3) is 33.3. The summed E-state index contributed by atoms with van der Waals surface area (Å²) in [4.78, 5) is 0. The summed E-state index contributed by atoms with van der Waals surface area (Å²) in [6, 6.07) is 0. The van der Waals surface area contributed by atoms with Gasteiger partial charge in [0.05, 0.1) is 25.7 Å². The fourth-order valence-corrected chi connectivity index (χ4v) is 15.2. The maximum atomic E-state index is 8.78. The molecular formula is C21H66O5Si3. The zero-order valence-corrected chi connectivity index (χ0v) is 17.8. The van der Waals surface area contributed by atoms with Crippen molar-refractivity contribution in [1.29, 1.82) is 0 Å². The maximum absolute atomic E-state index is 8.78. The summed E-state index contributed by atoms with van der Waals surface area (Å²) >= 11 is 0. The number of ether oxygens (including phenoxy) is 2. The summed E-state index contributed by atoms with van der Waals surface area (Å²) in [5, 5.41) is 8.78. The Bertz CT molecular complexity index is 263. The lowest BCUT2D eigenvalue weighted by Gasteiger charge is -2.38. The van der Waals surface area contributed by atoms with Gasteiger partial charge in [0.25, 0.3) is 0 Å². The molecule has 0 heterocycles. The van der Waals surface area contributed by atoms with Crippen molar-refractivity contribution >= 4 is 25.2 Å². The number of rotatable bonds is 12. The molecule has 0 bridgehead atoms. The van der Waals surface area contributed by atoms with E-state index in [0.29, 0.717) is 19.1 Å². The second-order valence-corrected chi connectivity index (χ2v) is 19.0. The SMILES string of the molecule is C.C.C.C.C.C.C.C.CCCOC[Si](C)(C)O[Si](C)(C)O[Si](C)(C)COCCO. The highest BCUT2D eigenvalue weighted by Crippen LogP contribution is 2.21. The molecule has 29 heavy (non-hydrogen) atoms. The van der Waals surface area contributed by atoms with Gasteiger partial charge in [-0.05, 0) is 45.7 Å². The van der Waals surface area contributed by atoms with Crippen molar-refractivity contribution in [3.63, 3.8) is 0 Å². The van der Waals surface area contributed by atoms with Gasteiger partial charge in [-0.1, -0.05) is 66.3 Å². The fraction of sp³-hybridized carbons (Fsp3) is 1.00. The Morgan fingerprint density at radius 3 is 1.17 bits per heavy atom. The number of aliphatic hydroxyl groups is 1. The van der Waals surface area contributed by atoms with Gasteiger partial charge in [0.2, 0.25) is 16.6 Å². The van der Waals surface area contributed by atoms with E-state index in [4.69, 9.17) is 22.8 Å². The van der Waals surface area contributed by atoms with Crippen LogP contribution in [0, 0.1) is 0 Å². The van der Waals surface area contributed by atoms with E-state index in [1.807, 2.05) is 0 Å². The monoisotopic (exact) mass is 482 g/mol. The third-order valence-electron chi connectivity index (χ3n) is 2.53. The molecule has 0 saturated carbocycles. The van der Waals surface area contributed by atoms with E-state index in [1.165, 1.54) is 0 Å². The molecule has 0 aromatic heterocycles. The molecule has 0 fully saturated rings. The van der Waals surface area contributed by atoms with Crippen molar-refractivity contribution in [2.24, 2.45) is 0 Å². The largest absolute Gasteiger partial charge is 0.435 e. The van der Waals surface area contributed by atoms with E-state index < -0.39 is 25.2 Å². The summed E-state index contributed by atoms with van der Waals surface area (Å²) < 4.78 is 23.8. The Hall–Kier alpha value is 0.451. The van der Waals surface area contributed by atoms with Crippen LogP contribution in [0.2, 0.25) is 39.3 Å². The van der Waals surface area contributed by atoms with Crippen LogP contribution >= 0.6 is 0 Å². The minimum absolute atomic E-state index is 0. The van der Waals surface area contributed by atoms with Crippen molar-refractivity contribution in [3.05, 3.63) is 0 Å². The van der Waals surface area contributed by atoms with Gasteiger partial charge < -0.3 is 22.8 Å². The molecule has 0 aromatic rings. The van der Waals surface area contributed by atoms with Gasteiger partial charge >= 0.3 is 8.56 Å². The average molecular weight is 483 g/mol. The van der Waals surface area contributed by atoms with Crippen LogP contribution in [0.15, 0.2) is 0 Å². The molecule has 0 aromatic carbocycles. The quantitative estimate of drug-likeness (QED) is 0.228. The van der Waals surface area contributed by atoms with Crippen molar-refractivity contribution in [2.75, 3.05) is 32.3 Å². The molecule has 0 atom stereocenters. The Labute approximate surface area is 192 Å². The molecular weight excluding hydrogens is 416 g/mol. The van der Waals surface area contributed by atoms with E-state index in [9.17, 15) is 0 Å². The molecule has 1 N–H and O–H groups in total. The van der Waals surface area contributed by atoms with Crippen LogP contribution in [0.1, 0.15) is 72.8 Å². The normalized spacial score (nSPS) is 9.93. The highest BCUT2D eigenvalue weighted by molar-refractivity contribution is 6.87. The van der Waals surface area contributed by atoms with Crippen molar-refractivity contribution < 1.29 is 22.8 Å². The van der Waals surface area contributed by atoms with Crippen molar-refractivity contribution in [3.8, 4) is 0 Å². The highest BCUT2D eigenvalue weighted by atomic mass is 28.5. The average Bonchev–Trinajstić information content (AvgIpc) is 2.25. The summed E-state index contributed by atoms with van der Waals surface area (Å²) in [6.45, 7) is 16.1. The zero-order chi connectivity index (χ0) is 16.6. The highest BCUT2D eigenvalue weighted by Gasteiger charge is 2.39. The summed E-state index contributed by atoms with van der Waals surface area (Å²) in [5.41, 5.74) is 0. The predicted molar refractivity (Wildman–Crippen MR) is 147 cm³/mol. The zero-order valence-electron chi connectivity index (χ0n) is 14.8. The van der Waals surface area contributed by atoms with Crippen LogP contribution < -0.4 is 0 Å². The van der Waals surface area contributed by atoms with Gasteiger partial charge in [-0.3, -0.25) is 0 Å². The van der Waals surface area contributed by atoms with Crippen molar-refractivity contribution in [1.82, 2.24) is 0 Å². The molecule has 5 nitrogen and oxygen atoms in total. The summed E-state index contributed by atoms with van der Waals surface area (Å²) in [6.07, 6.45) is 2.33. The molecule has 0 rings (SSSR count). The van der Waals surface area contributed by atoms with E-state index in [2.05, 4.69) is 46.2 Å². The first-order valence-electron chi connectivity index (χ1n) is 7.70. The minimum atomic E-state index is -2.19. The lowest BCUT2D eigenvalue weighted by atomic mass is 10.5. The van der Waals surface area contributed by atoms with Crippen LogP contribution in [0.4, 0.5) is 0 Å². The lowest BCUT2D eigenvalue weighted by molar-refractivity contribution is 0.113. The number of hydrogen-bond acceptors (Lipinski definition) is 5. The molecule has 0 aliphatic carbocycles. The standard InChI is InChI=1S/C13H34O5Si3.8CH4/c1-8-10-15-12-19(2,3)17-21(6,7)18-20(4,5)13-16-11-9-14;;;;;;;;/h14H,8-13H2,1-7H3;8*1H4. The Balaban J connectivity index is -0.0000000714. The molecule has 0 saturated heterocycles. The molecule has 8 heteroatoms. The lowest BCUT2D eigenvalue weighted by Crippen LogP contribution is -2.55. The van der Waals surface area contributed by atoms with Gasteiger partial charge in [0, 0.05) is 6.61 Å². The molecule has 0 aliphatic rings. The predicted octanol–water partition coefficient (Wildman–Crippen LogP) is 7.73. The Morgan fingerprint density at radius 2 is 0.897 bits per heavy atom. The van der Waals surface area contributed by atoms with Crippen LogP contribution in [0.3, 0.4) is 0 Å². The van der Waals surface area contributed by atoms with Gasteiger partial charge in [-0.2, -0.15) is 0 Å². The van der Waals surface area contributed by atoms with E-state index in [1.54, 1.807) is 0 Å². The van der Waals surface area contributed by atoms with E-state index in [0.717, 1.165) is 13.0 Å². The third-order valence-corrected chi connectivity index (χ3v) is 12.7. The molecule has 192 valence electrons. The summed E-state index contributed by atoms with van der Waals surface area (Å²) in [7, 11) is -5.98. The van der Waals surface area contributed by atoms with Gasteiger partial charge in [0.15, 0.2) is 0 Å². The molecule has 0 radical (unpaired) electrons. The van der Waals surface area contributed by atoms with Crippen LogP contribution in [-0.2, 0) is 17.7 Å². The van der Waals surface area contributed by atoms with Crippen molar-refractivity contribution in [2.45, 2.75) is 112 Å². The van der Waals surface area contributed by atoms with Crippen LogP contribution in [-0.4, -0.2) is 62.6 Å². The minimum Gasteiger partial charge on any atom is -0.435 e. The molecule has 0 amide bonds. The Kier molecular flexibility index (Phi) is 52.1. The van der Waals surface area contributed by atoms with Crippen LogP contribution in [0.5, 0.6) is 0 Å². The summed E-state index contributed by atoms with van der Waals surface area (Å²) in [5.74, 6) is 0. The maximum Gasteiger partial charge on any atom is 0.311 e. The van der Waals surface area contributed by atoms with Gasteiger partial charge in [-0.15, -0.1) is 0 Å². The Morgan fingerprint density at radius 1 is 0.586 bits per heavy atom. The first kappa shape index (κ1) is 57.0. The second-order valence-electron chi connectivity index (χ2n) is 6.95. The van der Waals surface area contributed by atoms with E-state index in [-0.39, 0.29) is 66.0 Å². The first-order valence-corrected chi connectivity index (χ1v) is 16.7. The van der Waals surface area contributed by atoms with Crippen LogP contribution in [0.25, 0.3) is 0 Å². The number of hydrogen-bond donors (Lipinski definition) is 1. The molecule has 0 spiro atoms. The fourth-order valence-electron chi connectivity index (χ4n) is 2.26. The smallest absolute Gasteiger partial charge is 0.311 e. The van der Waals surface area contributed by atoms with Gasteiger partial charge in [0.1, 0.15) is 0 Å². The first-order chi connectivity index (χ1) is 9.54. The van der Waals surface area contributed by atoms with E-state index >= 15 is 0 Å². The topological polar surface area (TPSA) is 57.2 Å².